The van der Waals surface area contributed by atoms with Crippen molar-refractivity contribution in [3.8, 4) is 0 Å². The highest BCUT2D eigenvalue weighted by Crippen LogP contribution is 2.31. The first-order chi connectivity index (χ1) is 14.7. The number of carbonyl (C=O) groups excluding carboxylic acids is 2. The zero-order valence-electron chi connectivity index (χ0n) is 17.9. The molecule has 0 aromatic heterocycles. The maximum atomic E-state index is 12.3. The molecule has 2 heterocycles. The summed E-state index contributed by atoms with van der Waals surface area (Å²) in [5.74, 6) is 1.66. The molecule has 3 fully saturated rings. The Bertz CT molecular complexity index is 699. The van der Waals surface area contributed by atoms with E-state index in [9.17, 15) is 9.59 Å². The molecule has 4 rings (SSSR count). The van der Waals surface area contributed by atoms with Gasteiger partial charge in [0, 0.05) is 32.6 Å². The van der Waals surface area contributed by atoms with E-state index in [4.69, 9.17) is 4.74 Å². The van der Waals surface area contributed by atoms with Gasteiger partial charge in [-0.3, -0.25) is 9.59 Å². The molecule has 0 bridgehead atoms. The standard InChI is InChI=1S/C24H35N3O3/c28-23(9-8-19-4-2-1-3-5-19)25-14-22-17-27(24(29)18-30-22)16-21-10-12-26(13-11-21)15-20-6-7-20/h1-5,20-22H,6-18H2,(H,25,28). The highest BCUT2D eigenvalue weighted by molar-refractivity contribution is 5.78. The lowest BCUT2D eigenvalue weighted by Gasteiger charge is -2.38. The minimum absolute atomic E-state index is 0.0361. The van der Waals surface area contributed by atoms with E-state index in [1.807, 2.05) is 35.2 Å². The number of aryl methyl sites for hydroxylation is 1. The third-order valence-corrected chi connectivity index (χ3v) is 6.63. The fourth-order valence-corrected chi connectivity index (χ4v) is 4.53. The van der Waals surface area contributed by atoms with Crippen LogP contribution < -0.4 is 5.32 Å². The van der Waals surface area contributed by atoms with Crippen LogP contribution in [0.5, 0.6) is 0 Å². The number of likely N-dealkylation sites (tertiary alicyclic amines) is 1. The molecule has 1 saturated carbocycles. The molecule has 1 N–H and O–H groups in total. The second-order valence-corrected chi connectivity index (χ2v) is 9.21. The van der Waals surface area contributed by atoms with E-state index in [-0.39, 0.29) is 24.5 Å². The SMILES string of the molecule is O=C(CCc1ccccc1)NCC1CN(CC2CCN(CC3CC3)CC2)C(=O)CO1. The summed E-state index contributed by atoms with van der Waals surface area (Å²) in [5.41, 5.74) is 1.17. The smallest absolute Gasteiger partial charge is 0.248 e. The number of nitrogens with zero attached hydrogens (tertiary/aromatic N) is 2. The summed E-state index contributed by atoms with van der Waals surface area (Å²) in [5, 5.41) is 2.98. The van der Waals surface area contributed by atoms with Gasteiger partial charge in [0.2, 0.25) is 11.8 Å². The first kappa shape index (κ1) is 21.3. The van der Waals surface area contributed by atoms with Crippen molar-refractivity contribution in [2.45, 2.75) is 44.6 Å². The Morgan fingerprint density at radius 3 is 2.50 bits per heavy atom. The molecule has 164 valence electrons. The lowest BCUT2D eigenvalue weighted by molar-refractivity contribution is -0.150. The number of carbonyl (C=O) groups is 2. The summed E-state index contributed by atoms with van der Waals surface area (Å²) in [4.78, 5) is 29.1. The minimum Gasteiger partial charge on any atom is -0.365 e. The van der Waals surface area contributed by atoms with Crippen molar-refractivity contribution in [3.05, 3.63) is 35.9 Å². The van der Waals surface area contributed by atoms with Crippen LogP contribution in [0.25, 0.3) is 0 Å². The molecule has 2 amide bonds. The average molecular weight is 414 g/mol. The second kappa shape index (κ2) is 10.4. The van der Waals surface area contributed by atoms with Crippen LogP contribution in [0.3, 0.4) is 0 Å². The predicted octanol–water partition coefficient (Wildman–Crippen LogP) is 2.08. The van der Waals surface area contributed by atoms with E-state index in [0.717, 1.165) is 18.9 Å². The van der Waals surface area contributed by atoms with Gasteiger partial charge in [-0.05, 0) is 62.6 Å². The minimum atomic E-state index is -0.113. The van der Waals surface area contributed by atoms with Gasteiger partial charge >= 0.3 is 0 Å². The first-order valence-corrected chi connectivity index (χ1v) is 11.6. The van der Waals surface area contributed by atoms with E-state index in [1.54, 1.807) is 0 Å². The van der Waals surface area contributed by atoms with E-state index >= 15 is 0 Å². The zero-order chi connectivity index (χ0) is 20.8. The number of amides is 2. The zero-order valence-corrected chi connectivity index (χ0v) is 17.9. The van der Waals surface area contributed by atoms with Crippen LogP contribution in [0.2, 0.25) is 0 Å². The summed E-state index contributed by atoms with van der Waals surface area (Å²) in [6, 6.07) is 10.0. The summed E-state index contributed by atoms with van der Waals surface area (Å²) < 4.78 is 5.68. The molecule has 0 radical (unpaired) electrons. The molecule has 1 aromatic carbocycles. The van der Waals surface area contributed by atoms with Crippen LogP contribution in [-0.2, 0) is 20.7 Å². The summed E-state index contributed by atoms with van der Waals surface area (Å²) in [7, 11) is 0. The molecule has 0 spiro atoms. The number of benzene rings is 1. The number of nitrogens with one attached hydrogen (secondary N) is 1. The van der Waals surface area contributed by atoms with Crippen molar-refractivity contribution in [3.63, 3.8) is 0 Å². The molecule has 3 aliphatic rings. The molecule has 30 heavy (non-hydrogen) atoms. The van der Waals surface area contributed by atoms with Crippen molar-refractivity contribution in [2.24, 2.45) is 11.8 Å². The van der Waals surface area contributed by atoms with E-state index < -0.39 is 0 Å². The van der Waals surface area contributed by atoms with Crippen molar-refractivity contribution >= 4 is 11.8 Å². The number of piperidine rings is 1. The Labute approximate surface area is 179 Å². The van der Waals surface area contributed by atoms with Gasteiger partial charge < -0.3 is 19.9 Å². The number of morpholine rings is 1. The van der Waals surface area contributed by atoms with Gasteiger partial charge in [0.1, 0.15) is 6.61 Å². The van der Waals surface area contributed by atoms with Crippen molar-refractivity contribution in [1.82, 2.24) is 15.1 Å². The molecule has 2 saturated heterocycles. The maximum Gasteiger partial charge on any atom is 0.248 e. The normalized spacial score (nSPS) is 23.5. The fourth-order valence-electron chi connectivity index (χ4n) is 4.53. The van der Waals surface area contributed by atoms with Gasteiger partial charge in [-0.25, -0.2) is 0 Å². The topological polar surface area (TPSA) is 61.9 Å². The van der Waals surface area contributed by atoms with Gasteiger partial charge in [0.15, 0.2) is 0 Å². The third-order valence-electron chi connectivity index (χ3n) is 6.63. The lowest BCUT2D eigenvalue weighted by Crippen LogP contribution is -2.52. The highest BCUT2D eigenvalue weighted by atomic mass is 16.5. The van der Waals surface area contributed by atoms with Gasteiger partial charge in [-0.2, -0.15) is 0 Å². The van der Waals surface area contributed by atoms with Crippen molar-refractivity contribution in [2.75, 3.05) is 45.9 Å². The summed E-state index contributed by atoms with van der Waals surface area (Å²) in [6.45, 7) is 5.62. The first-order valence-electron chi connectivity index (χ1n) is 11.6. The van der Waals surface area contributed by atoms with Crippen LogP contribution in [-0.4, -0.2) is 73.6 Å². The summed E-state index contributed by atoms with van der Waals surface area (Å²) in [6.07, 6.45) is 6.27. The van der Waals surface area contributed by atoms with E-state index in [1.165, 1.54) is 50.9 Å². The summed E-state index contributed by atoms with van der Waals surface area (Å²) >= 11 is 0. The average Bonchev–Trinajstić information content (AvgIpc) is 3.59. The van der Waals surface area contributed by atoms with Gasteiger partial charge in [-0.1, -0.05) is 30.3 Å². The van der Waals surface area contributed by atoms with Crippen LogP contribution in [0, 0.1) is 11.8 Å². The molecular formula is C24H35N3O3. The van der Waals surface area contributed by atoms with Gasteiger partial charge in [-0.15, -0.1) is 0 Å². The molecule has 1 aromatic rings. The quantitative estimate of drug-likeness (QED) is 0.673. The van der Waals surface area contributed by atoms with Gasteiger partial charge in [0.05, 0.1) is 6.10 Å². The number of hydrogen-bond acceptors (Lipinski definition) is 4. The van der Waals surface area contributed by atoms with E-state index in [0.29, 0.717) is 25.4 Å². The molecule has 2 aliphatic heterocycles. The molecular weight excluding hydrogens is 378 g/mol. The number of rotatable bonds is 9. The maximum absolute atomic E-state index is 12.3. The molecule has 1 atom stereocenters. The Morgan fingerprint density at radius 1 is 1.03 bits per heavy atom. The number of hydrogen-bond donors (Lipinski definition) is 1. The van der Waals surface area contributed by atoms with Crippen LogP contribution >= 0.6 is 0 Å². The van der Waals surface area contributed by atoms with Crippen LogP contribution in [0.15, 0.2) is 30.3 Å². The Kier molecular flexibility index (Phi) is 7.39. The van der Waals surface area contributed by atoms with Gasteiger partial charge in [0.25, 0.3) is 0 Å². The second-order valence-electron chi connectivity index (χ2n) is 9.21. The number of ether oxygens (including phenoxy) is 1. The van der Waals surface area contributed by atoms with E-state index in [2.05, 4.69) is 10.2 Å². The predicted molar refractivity (Wildman–Crippen MR) is 116 cm³/mol. The molecule has 1 aliphatic carbocycles. The highest BCUT2D eigenvalue weighted by Gasteiger charge is 2.31. The van der Waals surface area contributed by atoms with Crippen molar-refractivity contribution in [1.29, 1.82) is 0 Å². The monoisotopic (exact) mass is 413 g/mol. The third kappa shape index (κ3) is 6.54. The molecule has 6 heteroatoms. The Morgan fingerprint density at radius 2 is 1.77 bits per heavy atom. The van der Waals surface area contributed by atoms with Crippen LogP contribution in [0.1, 0.15) is 37.7 Å². The fraction of sp³-hybridized carbons (Fsp3) is 0.667. The largest absolute Gasteiger partial charge is 0.365 e. The lowest BCUT2D eigenvalue weighted by atomic mass is 9.95. The Balaban J connectivity index is 1.15. The Hall–Kier alpha value is -1.92. The van der Waals surface area contributed by atoms with Crippen molar-refractivity contribution < 1.29 is 14.3 Å². The van der Waals surface area contributed by atoms with Crippen LogP contribution in [0.4, 0.5) is 0 Å². The molecule has 6 nitrogen and oxygen atoms in total. The molecule has 1 unspecified atom stereocenters.